The van der Waals surface area contributed by atoms with Gasteiger partial charge >= 0.3 is 0 Å². The first-order valence-electron chi connectivity index (χ1n) is 9.73. The molecule has 31 heavy (non-hydrogen) atoms. The fourth-order valence-electron chi connectivity index (χ4n) is 3.51. The number of hydrogen-bond donors (Lipinski definition) is 1. The van der Waals surface area contributed by atoms with Crippen LogP contribution < -0.4 is 19.7 Å². The lowest BCUT2D eigenvalue weighted by atomic mass is 10.00. The zero-order chi connectivity index (χ0) is 22.3. The van der Waals surface area contributed by atoms with Crippen LogP contribution in [0, 0.1) is 13.8 Å². The minimum atomic E-state index is -1.70. The molecule has 1 aliphatic rings. The molecule has 1 aromatic heterocycles. The van der Waals surface area contributed by atoms with Crippen LogP contribution in [0.5, 0.6) is 11.5 Å². The van der Waals surface area contributed by atoms with Crippen LogP contribution >= 0.6 is 11.3 Å². The summed E-state index contributed by atoms with van der Waals surface area (Å²) in [4.78, 5) is 32.1. The number of fused-ring (bicyclic) bond motifs is 1. The first-order valence-corrected chi connectivity index (χ1v) is 10.6. The summed E-state index contributed by atoms with van der Waals surface area (Å²) in [6.45, 7) is 5.39. The first-order chi connectivity index (χ1) is 14.7. The van der Waals surface area contributed by atoms with Crippen molar-refractivity contribution in [2.75, 3.05) is 24.4 Å². The number of methoxy groups -OCH3 is 1. The summed E-state index contributed by atoms with van der Waals surface area (Å²) in [5.41, 5.74) is 2.51. The average molecular weight is 438 g/mol. The highest BCUT2D eigenvalue weighted by atomic mass is 32.1. The molecule has 0 saturated heterocycles. The number of thiazole rings is 1. The van der Waals surface area contributed by atoms with Crippen molar-refractivity contribution in [2.24, 2.45) is 0 Å². The van der Waals surface area contributed by atoms with Crippen molar-refractivity contribution < 1.29 is 19.1 Å². The molecule has 2 amide bonds. The van der Waals surface area contributed by atoms with E-state index >= 15 is 0 Å². The topological polar surface area (TPSA) is 80.8 Å². The van der Waals surface area contributed by atoms with E-state index in [-0.39, 0.29) is 0 Å². The number of nitrogens with zero attached hydrogens (tertiary/aromatic N) is 2. The third-order valence-electron chi connectivity index (χ3n) is 5.29. The van der Waals surface area contributed by atoms with E-state index in [4.69, 9.17) is 9.47 Å². The number of aromatic nitrogens is 1. The summed E-state index contributed by atoms with van der Waals surface area (Å²) >= 11 is 1.27. The third-order valence-corrected chi connectivity index (χ3v) is 6.05. The van der Waals surface area contributed by atoms with E-state index < -0.39 is 17.4 Å². The molecular formula is C23H23N3O4S. The highest BCUT2D eigenvalue weighted by Gasteiger charge is 2.50. The van der Waals surface area contributed by atoms with Gasteiger partial charge in [0.25, 0.3) is 17.4 Å². The van der Waals surface area contributed by atoms with E-state index in [1.54, 1.807) is 20.2 Å². The van der Waals surface area contributed by atoms with Gasteiger partial charge in [-0.15, -0.1) is 11.3 Å². The molecule has 2 aromatic carbocycles. The first kappa shape index (κ1) is 20.9. The molecule has 0 spiro atoms. The SMILES string of the molecule is COc1ccc(C)cc1-c1csc(NC(=O)C2(C)Oc3ccc(C)cc3N(C)C2=O)n1. The van der Waals surface area contributed by atoms with Crippen LogP contribution in [0.4, 0.5) is 10.8 Å². The molecule has 4 rings (SSSR count). The van der Waals surface area contributed by atoms with E-state index in [1.807, 2.05) is 49.6 Å². The van der Waals surface area contributed by atoms with Gasteiger partial charge in [0, 0.05) is 18.0 Å². The quantitative estimate of drug-likeness (QED) is 0.619. The van der Waals surface area contributed by atoms with Crippen molar-refractivity contribution in [1.82, 2.24) is 4.98 Å². The Morgan fingerprint density at radius 2 is 1.90 bits per heavy atom. The van der Waals surface area contributed by atoms with E-state index in [1.165, 1.54) is 23.2 Å². The fourth-order valence-corrected chi connectivity index (χ4v) is 4.21. The Labute approximate surface area is 184 Å². The number of rotatable bonds is 4. The number of likely N-dealkylation sites (N-methyl/N-ethyl adjacent to an activating group) is 1. The summed E-state index contributed by atoms with van der Waals surface area (Å²) in [6.07, 6.45) is 0. The molecule has 0 aliphatic carbocycles. The monoisotopic (exact) mass is 437 g/mol. The van der Waals surface area contributed by atoms with Crippen molar-refractivity contribution in [1.29, 1.82) is 0 Å². The Kier molecular flexibility index (Phi) is 5.18. The van der Waals surface area contributed by atoms with Gasteiger partial charge in [0.1, 0.15) is 11.5 Å². The maximum Gasteiger partial charge on any atom is 0.280 e. The summed E-state index contributed by atoms with van der Waals surface area (Å²) in [5, 5.41) is 4.95. The minimum Gasteiger partial charge on any atom is -0.496 e. The number of anilines is 2. The molecule has 0 fully saturated rings. The largest absolute Gasteiger partial charge is 0.496 e. The van der Waals surface area contributed by atoms with E-state index in [0.717, 1.165) is 16.7 Å². The van der Waals surface area contributed by atoms with Crippen LogP contribution in [0.1, 0.15) is 18.1 Å². The normalized spacial score (nSPS) is 17.7. The lowest BCUT2D eigenvalue weighted by Gasteiger charge is -2.37. The standard InChI is InChI=1S/C23H23N3O4S/c1-13-6-8-18(29-5)15(10-13)16-12-31-22(24-16)25-20(27)23(3)21(28)26(4)17-11-14(2)7-9-19(17)30-23/h6-12H,1-5H3,(H,24,25,27). The van der Waals surface area contributed by atoms with Crippen LogP contribution in [0.2, 0.25) is 0 Å². The van der Waals surface area contributed by atoms with Gasteiger partial charge in [0.15, 0.2) is 5.13 Å². The van der Waals surface area contributed by atoms with Gasteiger partial charge in [-0.05, 0) is 50.6 Å². The second kappa shape index (κ2) is 7.70. The number of benzene rings is 2. The molecule has 0 saturated carbocycles. The molecule has 3 aromatic rings. The molecular weight excluding hydrogens is 414 g/mol. The van der Waals surface area contributed by atoms with Crippen molar-refractivity contribution in [2.45, 2.75) is 26.4 Å². The Hall–Kier alpha value is -3.39. The molecule has 0 radical (unpaired) electrons. The number of aryl methyl sites for hydroxylation is 2. The molecule has 7 nitrogen and oxygen atoms in total. The van der Waals surface area contributed by atoms with Crippen LogP contribution in [0.15, 0.2) is 41.8 Å². The zero-order valence-corrected chi connectivity index (χ0v) is 18.8. The number of nitrogens with one attached hydrogen (secondary N) is 1. The molecule has 1 aliphatic heterocycles. The molecule has 0 bridgehead atoms. The highest BCUT2D eigenvalue weighted by molar-refractivity contribution is 7.14. The summed E-state index contributed by atoms with van der Waals surface area (Å²) in [5.74, 6) is 0.155. The lowest BCUT2D eigenvalue weighted by Crippen LogP contribution is -2.59. The van der Waals surface area contributed by atoms with Crippen molar-refractivity contribution in [3.63, 3.8) is 0 Å². The van der Waals surface area contributed by atoms with Crippen LogP contribution in [0.25, 0.3) is 11.3 Å². The molecule has 1 N–H and O–H groups in total. The van der Waals surface area contributed by atoms with Gasteiger partial charge in [-0.2, -0.15) is 0 Å². The van der Waals surface area contributed by atoms with Gasteiger partial charge in [-0.25, -0.2) is 4.98 Å². The smallest absolute Gasteiger partial charge is 0.280 e. The Morgan fingerprint density at radius 3 is 2.65 bits per heavy atom. The maximum absolute atomic E-state index is 13.1. The number of hydrogen-bond acceptors (Lipinski definition) is 6. The van der Waals surface area contributed by atoms with Gasteiger partial charge in [-0.3, -0.25) is 14.9 Å². The van der Waals surface area contributed by atoms with Crippen LogP contribution in [0.3, 0.4) is 0 Å². The number of carbonyl (C=O) groups excluding carboxylic acids is 2. The predicted octanol–water partition coefficient (Wildman–Crippen LogP) is 4.19. The predicted molar refractivity (Wildman–Crippen MR) is 121 cm³/mol. The highest BCUT2D eigenvalue weighted by Crippen LogP contribution is 2.38. The molecule has 2 heterocycles. The Morgan fingerprint density at radius 1 is 1.19 bits per heavy atom. The summed E-state index contributed by atoms with van der Waals surface area (Å²) in [6, 6.07) is 11.3. The molecule has 1 unspecified atom stereocenters. The minimum absolute atomic E-state index is 0.374. The number of amides is 2. The van der Waals surface area contributed by atoms with Crippen LogP contribution in [-0.2, 0) is 9.59 Å². The number of ether oxygens (including phenoxy) is 2. The Balaban J connectivity index is 1.60. The second-order valence-corrected chi connectivity index (χ2v) is 8.52. The summed E-state index contributed by atoms with van der Waals surface area (Å²) in [7, 11) is 3.24. The van der Waals surface area contributed by atoms with Crippen molar-refractivity contribution in [3.05, 3.63) is 52.9 Å². The van der Waals surface area contributed by atoms with Gasteiger partial charge < -0.3 is 14.4 Å². The Bertz CT molecular complexity index is 1190. The van der Waals surface area contributed by atoms with Crippen molar-refractivity contribution >= 4 is 34.0 Å². The van der Waals surface area contributed by atoms with Crippen LogP contribution in [-0.4, -0.2) is 36.6 Å². The van der Waals surface area contributed by atoms with E-state index in [2.05, 4.69) is 10.3 Å². The fraction of sp³-hybridized carbons (Fsp3) is 0.261. The molecule has 1 atom stereocenters. The third kappa shape index (κ3) is 3.63. The van der Waals surface area contributed by atoms with Gasteiger partial charge in [0.05, 0.1) is 18.5 Å². The van der Waals surface area contributed by atoms with E-state index in [0.29, 0.717) is 28.0 Å². The van der Waals surface area contributed by atoms with Gasteiger partial charge in [-0.1, -0.05) is 17.7 Å². The summed E-state index contributed by atoms with van der Waals surface area (Å²) < 4.78 is 11.3. The molecule has 8 heteroatoms. The zero-order valence-electron chi connectivity index (χ0n) is 18.0. The lowest BCUT2D eigenvalue weighted by molar-refractivity contribution is -0.144. The van der Waals surface area contributed by atoms with E-state index in [9.17, 15) is 9.59 Å². The molecule has 160 valence electrons. The second-order valence-electron chi connectivity index (χ2n) is 7.67. The van der Waals surface area contributed by atoms with Gasteiger partial charge in [0.2, 0.25) is 0 Å². The number of carbonyl (C=O) groups is 2. The van der Waals surface area contributed by atoms with Crippen molar-refractivity contribution in [3.8, 4) is 22.8 Å². The average Bonchev–Trinajstić information content (AvgIpc) is 3.21. The maximum atomic E-state index is 13.1.